The number of hydrogen-bond donors (Lipinski definition) is 0. The first-order valence-electron chi connectivity index (χ1n) is 11.8. The molecule has 8 heteroatoms. The number of rotatable bonds is 9. The van der Waals surface area contributed by atoms with E-state index in [1.165, 1.54) is 4.68 Å². The second-order valence-electron chi connectivity index (χ2n) is 8.36. The molecule has 0 amide bonds. The zero-order valence-corrected chi connectivity index (χ0v) is 22.7. The number of aromatic nitrogens is 2. The highest BCUT2D eigenvalue weighted by Gasteiger charge is 2.16. The third-order valence-electron chi connectivity index (χ3n) is 5.78. The predicted molar refractivity (Wildman–Crippen MR) is 149 cm³/mol. The molecule has 3 aromatic carbocycles. The van der Waals surface area contributed by atoms with E-state index in [1.807, 2.05) is 68.4 Å². The van der Waals surface area contributed by atoms with Crippen LogP contribution >= 0.6 is 27.5 Å². The molecule has 4 aromatic rings. The van der Waals surface area contributed by atoms with Crippen LogP contribution < -0.4 is 15.0 Å². The molecule has 0 N–H and O–H groups in total. The SMILES string of the molecule is CCOc1cc(C=Nn2c([C@H](C)CC)nc3ccc(Br)cc3c2=O)ccc1OCc1ccc(Cl)cc1. The number of benzene rings is 3. The third-order valence-corrected chi connectivity index (χ3v) is 6.53. The van der Waals surface area contributed by atoms with Crippen molar-refractivity contribution in [3.8, 4) is 11.5 Å². The molecule has 0 saturated heterocycles. The van der Waals surface area contributed by atoms with Crippen molar-refractivity contribution in [1.82, 2.24) is 9.66 Å². The Morgan fingerprint density at radius 3 is 2.56 bits per heavy atom. The predicted octanol–water partition coefficient (Wildman–Crippen LogP) is 7.19. The molecule has 0 unspecified atom stereocenters. The summed E-state index contributed by atoms with van der Waals surface area (Å²) in [6.07, 6.45) is 2.47. The van der Waals surface area contributed by atoms with Crippen LogP contribution in [0.25, 0.3) is 10.9 Å². The van der Waals surface area contributed by atoms with Crippen LogP contribution in [-0.4, -0.2) is 22.5 Å². The molecule has 0 radical (unpaired) electrons. The molecule has 186 valence electrons. The lowest BCUT2D eigenvalue weighted by Crippen LogP contribution is -2.23. The number of ether oxygens (including phenoxy) is 2. The molecule has 1 heterocycles. The van der Waals surface area contributed by atoms with Crippen molar-refractivity contribution >= 4 is 44.6 Å². The molecule has 1 aromatic heterocycles. The van der Waals surface area contributed by atoms with Gasteiger partial charge in [-0.05, 0) is 73.0 Å². The van der Waals surface area contributed by atoms with Crippen LogP contribution in [0.1, 0.15) is 50.1 Å². The molecule has 0 aliphatic heterocycles. The van der Waals surface area contributed by atoms with Crippen LogP contribution in [0.4, 0.5) is 0 Å². The van der Waals surface area contributed by atoms with Gasteiger partial charge in [0.05, 0.1) is 23.7 Å². The minimum Gasteiger partial charge on any atom is -0.490 e. The van der Waals surface area contributed by atoms with Crippen LogP contribution in [0.2, 0.25) is 5.02 Å². The van der Waals surface area contributed by atoms with Gasteiger partial charge < -0.3 is 9.47 Å². The van der Waals surface area contributed by atoms with Crippen LogP contribution in [0, 0.1) is 0 Å². The Morgan fingerprint density at radius 1 is 1.06 bits per heavy atom. The van der Waals surface area contributed by atoms with Crippen molar-refractivity contribution in [3.63, 3.8) is 0 Å². The normalized spacial score (nSPS) is 12.2. The highest BCUT2D eigenvalue weighted by atomic mass is 79.9. The second kappa shape index (κ2) is 11.7. The summed E-state index contributed by atoms with van der Waals surface area (Å²) >= 11 is 9.41. The van der Waals surface area contributed by atoms with E-state index >= 15 is 0 Å². The minimum atomic E-state index is -0.208. The molecule has 4 rings (SSSR count). The molecule has 1 atom stereocenters. The van der Waals surface area contributed by atoms with E-state index in [-0.39, 0.29) is 11.5 Å². The maximum Gasteiger partial charge on any atom is 0.282 e. The van der Waals surface area contributed by atoms with Gasteiger partial charge in [0, 0.05) is 15.4 Å². The van der Waals surface area contributed by atoms with Crippen molar-refractivity contribution in [2.75, 3.05) is 6.61 Å². The van der Waals surface area contributed by atoms with Gasteiger partial charge in [-0.3, -0.25) is 4.79 Å². The van der Waals surface area contributed by atoms with Gasteiger partial charge in [0.2, 0.25) is 0 Å². The van der Waals surface area contributed by atoms with Crippen molar-refractivity contribution < 1.29 is 9.47 Å². The molecule has 36 heavy (non-hydrogen) atoms. The third kappa shape index (κ3) is 5.97. The number of nitrogens with zero attached hydrogens (tertiary/aromatic N) is 3. The topological polar surface area (TPSA) is 65.7 Å². The molecular weight excluding hydrogens is 542 g/mol. The van der Waals surface area contributed by atoms with Gasteiger partial charge in [0.15, 0.2) is 11.5 Å². The average molecular weight is 569 g/mol. The summed E-state index contributed by atoms with van der Waals surface area (Å²) in [5, 5.41) is 5.74. The van der Waals surface area contributed by atoms with E-state index in [2.05, 4.69) is 28.0 Å². The van der Waals surface area contributed by atoms with Gasteiger partial charge in [-0.25, -0.2) is 4.98 Å². The van der Waals surface area contributed by atoms with E-state index in [1.54, 1.807) is 12.3 Å². The first kappa shape index (κ1) is 25.9. The summed E-state index contributed by atoms with van der Waals surface area (Å²) < 4.78 is 14.0. The minimum absolute atomic E-state index is 0.0607. The summed E-state index contributed by atoms with van der Waals surface area (Å²) in [6.45, 7) is 6.89. The Hall–Kier alpha value is -3.16. The number of halogens is 2. The fourth-order valence-electron chi connectivity index (χ4n) is 3.64. The average Bonchev–Trinajstić information content (AvgIpc) is 2.88. The van der Waals surface area contributed by atoms with E-state index < -0.39 is 0 Å². The van der Waals surface area contributed by atoms with Crippen molar-refractivity contribution in [2.45, 2.75) is 39.7 Å². The lowest BCUT2D eigenvalue weighted by molar-refractivity contribution is 0.269. The van der Waals surface area contributed by atoms with Crippen molar-refractivity contribution in [3.05, 3.63) is 97.5 Å². The molecule has 0 fully saturated rings. The summed E-state index contributed by atoms with van der Waals surface area (Å²) in [6, 6.07) is 18.6. The summed E-state index contributed by atoms with van der Waals surface area (Å²) in [4.78, 5) is 18.1. The standard InChI is InChI=1S/C28H27BrClN3O3/c1-4-18(3)27-32-24-12-9-21(29)15-23(24)28(34)33(27)31-16-20-8-13-25(26(14-20)35-5-2)36-17-19-6-10-22(30)11-7-19/h6-16,18H,4-5,17H2,1-3H3/t18-/m1/s1. The summed E-state index contributed by atoms with van der Waals surface area (Å²) in [5.74, 6) is 1.91. The molecule has 6 nitrogen and oxygen atoms in total. The summed E-state index contributed by atoms with van der Waals surface area (Å²) in [5.41, 5.74) is 2.22. The Morgan fingerprint density at radius 2 is 1.83 bits per heavy atom. The zero-order valence-electron chi connectivity index (χ0n) is 20.4. The first-order valence-corrected chi connectivity index (χ1v) is 13.0. The van der Waals surface area contributed by atoms with E-state index in [9.17, 15) is 4.79 Å². The van der Waals surface area contributed by atoms with E-state index in [0.29, 0.717) is 46.5 Å². The molecular formula is C28H27BrClN3O3. The van der Waals surface area contributed by atoms with Crippen LogP contribution in [0.5, 0.6) is 11.5 Å². The Bertz CT molecular complexity index is 1450. The number of fused-ring (bicyclic) bond motifs is 1. The van der Waals surface area contributed by atoms with Gasteiger partial charge in [-0.15, -0.1) is 0 Å². The van der Waals surface area contributed by atoms with Gasteiger partial charge >= 0.3 is 0 Å². The Balaban J connectivity index is 1.66. The zero-order chi connectivity index (χ0) is 25.7. The Labute approximate surface area is 223 Å². The van der Waals surface area contributed by atoms with Gasteiger partial charge in [0.1, 0.15) is 12.4 Å². The first-order chi connectivity index (χ1) is 17.4. The lowest BCUT2D eigenvalue weighted by Gasteiger charge is -2.14. The Kier molecular flexibility index (Phi) is 8.44. The fourth-order valence-corrected chi connectivity index (χ4v) is 4.12. The van der Waals surface area contributed by atoms with Crippen LogP contribution in [-0.2, 0) is 6.61 Å². The van der Waals surface area contributed by atoms with Crippen molar-refractivity contribution in [2.24, 2.45) is 5.10 Å². The molecule has 0 bridgehead atoms. The van der Waals surface area contributed by atoms with E-state index in [0.717, 1.165) is 22.0 Å². The maximum absolute atomic E-state index is 13.3. The maximum atomic E-state index is 13.3. The highest BCUT2D eigenvalue weighted by Crippen LogP contribution is 2.29. The second-order valence-corrected chi connectivity index (χ2v) is 9.71. The van der Waals surface area contributed by atoms with E-state index in [4.69, 9.17) is 26.1 Å². The van der Waals surface area contributed by atoms with Gasteiger partial charge in [0.25, 0.3) is 5.56 Å². The molecule has 0 saturated carbocycles. The van der Waals surface area contributed by atoms with Crippen LogP contribution in [0.3, 0.4) is 0 Å². The number of hydrogen-bond acceptors (Lipinski definition) is 5. The quantitative estimate of drug-likeness (QED) is 0.201. The highest BCUT2D eigenvalue weighted by molar-refractivity contribution is 9.10. The fraction of sp³-hybridized carbons (Fsp3) is 0.250. The lowest BCUT2D eigenvalue weighted by atomic mass is 10.1. The molecule has 0 aliphatic rings. The molecule has 0 spiro atoms. The summed E-state index contributed by atoms with van der Waals surface area (Å²) in [7, 11) is 0. The van der Waals surface area contributed by atoms with Crippen LogP contribution in [0.15, 0.2) is 75.0 Å². The smallest absolute Gasteiger partial charge is 0.282 e. The largest absolute Gasteiger partial charge is 0.490 e. The van der Waals surface area contributed by atoms with Gasteiger partial charge in [-0.2, -0.15) is 9.78 Å². The van der Waals surface area contributed by atoms with Crippen molar-refractivity contribution in [1.29, 1.82) is 0 Å². The van der Waals surface area contributed by atoms with Gasteiger partial charge in [-0.1, -0.05) is 53.5 Å². The molecule has 0 aliphatic carbocycles. The monoisotopic (exact) mass is 567 g/mol.